The zero-order valence-corrected chi connectivity index (χ0v) is 14.6. The Bertz CT molecular complexity index is 627. The lowest BCUT2D eigenvalue weighted by molar-refractivity contribution is -0.136. The lowest BCUT2D eigenvalue weighted by atomic mass is 9.63. The number of amides is 1. The van der Waals surface area contributed by atoms with Crippen molar-refractivity contribution in [1.82, 2.24) is 4.90 Å². The van der Waals surface area contributed by atoms with Crippen LogP contribution >= 0.6 is 0 Å². The molecule has 1 aliphatic heterocycles. The van der Waals surface area contributed by atoms with Gasteiger partial charge in [0, 0.05) is 18.7 Å². The number of carboxylic acid groups (broad SMARTS) is 1. The number of piperidine rings is 1. The number of aliphatic carboxylic acids is 1. The number of nitrogens with zero attached hydrogens (tertiary/aromatic N) is 1. The number of furan rings is 1. The van der Waals surface area contributed by atoms with Gasteiger partial charge >= 0.3 is 5.97 Å². The third-order valence-corrected chi connectivity index (χ3v) is 6.10. The van der Waals surface area contributed by atoms with E-state index >= 15 is 0 Å². The van der Waals surface area contributed by atoms with Crippen molar-refractivity contribution in [3.05, 3.63) is 23.2 Å². The average Bonchev–Trinajstić information content (AvgIpc) is 2.90. The molecule has 1 amide bonds. The molecule has 24 heavy (non-hydrogen) atoms. The van der Waals surface area contributed by atoms with Crippen LogP contribution in [-0.2, 0) is 11.2 Å². The van der Waals surface area contributed by atoms with Gasteiger partial charge in [-0.1, -0.05) is 26.2 Å². The van der Waals surface area contributed by atoms with Crippen molar-refractivity contribution in [2.24, 2.45) is 11.3 Å². The van der Waals surface area contributed by atoms with E-state index in [9.17, 15) is 9.59 Å². The number of hydrogen-bond donors (Lipinski definition) is 1. The lowest BCUT2D eigenvalue weighted by Gasteiger charge is -2.49. The fourth-order valence-electron chi connectivity index (χ4n) is 4.56. The molecule has 1 saturated heterocycles. The third-order valence-electron chi connectivity index (χ3n) is 6.10. The SMILES string of the molecule is Cc1coc(CC(=O)O)c1C(=O)N1CCC(C)C2(CCCCC2)C1. The van der Waals surface area contributed by atoms with Gasteiger partial charge in [0.2, 0.25) is 0 Å². The van der Waals surface area contributed by atoms with Crippen LogP contribution in [0, 0.1) is 18.3 Å². The van der Waals surface area contributed by atoms with Crippen LogP contribution in [0.15, 0.2) is 10.7 Å². The van der Waals surface area contributed by atoms with Crippen LogP contribution < -0.4 is 0 Å². The Labute approximate surface area is 143 Å². The first kappa shape index (κ1) is 17.1. The maximum Gasteiger partial charge on any atom is 0.311 e. The average molecular weight is 333 g/mol. The van der Waals surface area contributed by atoms with E-state index in [1.165, 1.54) is 38.4 Å². The van der Waals surface area contributed by atoms with Crippen LogP contribution in [0.25, 0.3) is 0 Å². The van der Waals surface area contributed by atoms with E-state index in [1.807, 2.05) is 11.8 Å². The predicted molar refractivity (Wildman–Crippen MR) is 90.0 cm³/mol. The first-order chi connectivity index (χ1) is 11.4. The summed E-state index contributed by atoms with van der Waals surface area (Å²) in [5.74, 6) is -0.115. The van der Waals surface area contributed by atoms with Crippen molar-refractivity contribution in [3.8, 4) is 0 Å². The molecule has 2 heterocycles. The molecule has 1 aromatic rings. The van der Waals surface area contributed by atoms with Crippen molar-refractivity contribution in [2.75, 3.05) is 13.1 Å². The second-order valence-electron chi connectivity index (χ2n) is 7.63. The molecule has 1 unspecified atom stereocenters. The van der Waals surface area contributed by atoms with Gasteiger partial charge < -0.3 is 14.4 Å². The van der Waals surface area contributed by atoms with E-state index in [4.69, 9.17) is 9.52 Å². The first-order valence-corrected chi connectivity index (χ1v) is 9.01. The largest absolute Gasteiger partial charge is 0.481 e. The summed E-state index contributed by atoms with van der Waals surface area (Å²) in [4.78, 5) is 26.1. The molecular weight excluding hydrogens is 306 g/mol. The summed E-state index contributed by atoms with van der Waals surface area (Å²) < 4.78 is 5.35. The lowest BCUT2D eigenvalue weighted by Crippen LogP contribution is -2.51. The fourth-order valence-corrected chi connectivity index (χ4v) is 4.56. The normalized spacial score (nSPS) is 23.4. The molecule has 132 valence electrons. The Hall–Kier alpha value is -1.78. The summed E-state index contributed by atoms with van der Waals surface area (Å²) >= 11 is 0. The highest BCUT2D eigenvalue weighted by atomic mass is 16.4. The molecular formula is C19H27NO4. The third kappa shape index (κ3) is 3.08. The molecule has 2 fully saturated rings. The first-order valence-electron chi connectivity index (χ1n) is 9.01. The topological polar surface area (TPSA) is 70.7 Å². The Morgan fingerprint density at radius 2 is 2.04 bits per heavy atom. The number of carbonyl (C=O) groups is 2. The van der Waals surface area contributed by atoms with Crippen molar-refractivity contribution in [3.63, 3.8) is 0 Å². The van der Waals surface area contributed by atoms with Gasteiger partial charge in [-0.25, -0.2) is 0 Å². The quantitative estimate of drug-likeness (QED) is 0.916. The standard InChI is InChI=1S/C19H27NO4/c1-13-11-24-15(10-16(21)22)17(13)18(23)20-9-6-14(2)19(12-20)7-4-3-5-8-19/h11,14H,3-10,12H2,1-2H3,(H,21,22). The van der Waals surface area contributed by atoms with E-state index < -0.39 is 5.97 Å². The minimum absolute atomic E-state index is 0.0608. The van der Waals surface area contributed by atoms with E-state index in [1.54, 1.807) is 0 Å². The number of aryl methyl sites for hydroxylation is 1. The van der Waals surface area contributed by atoms with Crippen molar-refractivity contribution < 1.29 is 19.1 Å². The molecule has 1 aromatic heterocycles. The highest BCUT2D eigenvalue weighted by Gasteiger charge is 2.43. The van der Waals surface area contributed by atoms with Crippen LogP contribution in [0.4, 0.5) is 0 Å². The summed E-state index contributed by atoms with van der Waals surface area (Å²) in [5.41, 5.74) is 1.43. The molecule has 1 aliphatic carbocycles. The summed E-state index contributed by atoms with van der Waals surface area (Å²) in [6.45, 7) is 5.68. The van der Waals surface area contributed by atoms with Gasteiger partial charge in [-0.15, -0.1) is 0 Å². The van der Waals surface area contributed by atoms with E-state index in [2.05, 4.69) is 6.92 Å². The molecule has 1 saturated carbocycles. The maximum atomic E-state index is 13.1. The summed E-state index contributed by atoms with van der Waals surface area (Å²) in [6, 6.07) is 0. The molecule has 2 aliphatic rings. The Morgan fingerprint density at radius 3 is 2.71 bits per heavy atom. The molecule has 1 spiro atoms. The van der Waals surface area contributed by atoms with Gasteiger partial charge in [-0.3, -0.25) is 9.59 Å². The Morgan fingerprint density at radius 1 is 1.33 bits per heavy atom. The zero-order chi connectivity index (χ0) is 17.3. The van der Waals surface area contributed by atoms with Crippen LogP contribution in [0.3, 0.4) is 0 Å². The maximum absolute atomic E-state index is 13.1. The van der Waals surface area contributed by atoms with Gasteiger partial charge in [0.05, 0.1) is 11.8 Å². The number of rotatable bonds is 3. The molecule has 5 nitrogen and oxygen atoms in total. The Kier molecular flexibility index (Phi) is 4.70. The van der Waals surface area contributed by atoms with E-state index in [0.717, 1.165) is 25.1 Å². The van der Waals surface area contributed by atoms with Gasteiger partial charge in [0.15, 0.2) is 0 Å². The Balaban J connectivity index is 1.83. The summed E-state index contributed by atoms with van der Waals surface area (Å²) in [5, 5.41) is 9.04. The fraction of sp³-hybridized carbons (Fsp3) is 0.684. The van der Waals surface area contributed by atoms with Crippen LogP contribution in [0.1, 0.15) is 67.1 Å². The van der Waals surface area contributed by atoms with Crippen LogP contribution in [0.2, 0.25) is 0 Å². The van der Waals surface area contributed by atoms with E-state index in [-0.39, 0.29) is 23.5 Å². The second-order valence-corrected chi connectivity index (χ2v) is 7.63. The summed E-state index contributed by atoms with van der Waals surface area (Å²) in [6.07, 6.45) is 8.47. The highest BCUT2D eigenvalue weighted by Crippen LogP contribution is 2.47. The van der Waals surface area contributed by atoms with Crippen molar-refractivity contribution in [2.45, 2.75) is 58.8 Å². The number of hydrogen-bond acceptors (Lipinski definition) is 3. The highest BCUT2D eigenvalue weighted by molar-refractivity contribution is 5.97. The van der Waals surface area contributed by atoms with E-state index in [0.29, 0.717) is 11.5 Å². The zero-order valence-electron chi connectivity index (χ0n) is 14.6. The van der Waals surface area contributed by atoms with Crippen LogP contribution in [0.5, 0.6) is 0 Å². The van der Waals surface area contributed by atoms with Gasteiger partial charge in [0.25, 0.3) is 5.91 Å². The molecule has 0 bridgehead atoms. The van der Waals surface area contributed by atoms with Gasteiger partial charge in [0.1, 0.15) is 12.2 Å². The molecule has 3 rings (SSSR count). The number of likely N-dealkylation sites (tertiary alicyclic amines) is 1. The van der Waals surface area contributed by atoms with Crippen molar-refractivity contribution >= 4 is 11.9 Å². The molecule has 1 N–H and O–H groups in total. The molecule has 0 aromatic carbocycles. The minimum atomic E-state index is -0.977. The monoisotopic (exact) mass is 333 g/mol. The van der Waals surface area contributed by atoms with Gasteiger partial charge in [-0.2, -0.15) is 0 Å². The minimum Gasteiger partial charge on any atom is -0.481 e. The molecule has 0 radical (unpaired) electrons. The number of carboxylic acids is 1. The molecule has 1 atom stereocenters. The number of carbonyl (C=O) groups excluding carboxylic acids is 1. The van der Waals surface area contributed by atoms with Crippen LogP contribution in [-0.4, -0.2) is 35.0 Å². The summed E-state index contributed by atoms with van der Waals surface area (Å²) in [7, 11) is 0. The van der Waals surface area contributed by atoms with Gasteiger partial charge in [-0.05, 0) is 37.5 Å². The molecule has 5 heteroatoms. The smallest absolute Gasteiger partial charge is 0.311 e. The second kappa shape index (κ2) is 6.61. The van der Waals surface area contributed by atoms with Crippen molar-refractivity contribution in [1.29, 1.82) is 0 Å². The predicted octanol–water partition coefficient (Wildman–Crippen LogP) is 3.65.